The molecule has 7 heteroatoms. The first-order valence-electron chi connectivity index (χ1n) is 9.18. The standard InChI is InChI=1S/C22H18FN3O3/c23-19-9-5-4-6-15(19)14-25-20-11-10-18(26(28)29)12-16(20)13-21(25)22(27)24-17-7-2-1-3-8-17/h1-7,9-13,17H,8,14H2,(H,24,27). The fraction of sp³-hybridized carbons (Fsp3) is 0.136. The second-order valence-corrected chi connectivity index (χ2v) is 6.84. The fourth-order valence-electron chi connectivity index (χ4n) is 3.46. The van der Waals surface area contributed by atoms with E-state index in [9.17, 15) is 19.3 Å². The highest BCUT2D eigenvalue weighted by atomic mass is 19.1. The molecular weight excluding hydrogens is 373 g/mol. The lowest BCUT2D eigenvalue weighted by Gasteiger charge is -2.17. The number of nitro groups is 1. The van der Waals surface area contributed by atoms with E-state index in [1.54, 1.807) is 34.9 Å². The molecule has 0 fully saturated rings. The second-order valence-electron chi connectivity index (χ2n) is 6.84. The number of carbonyl (C=O) groups excluding carboxylic acids is 1. The number of carbonyl (C=O) groups is 1. The Morgan fingerprint density at radius 1 is 1.21 bits per heavy atom. The molecule has 1 heterocycles. The van der Waals surface area contributed by atoms with Crippen LogP contribution in [0.25, 0.3) is 10.9 Å². The van der Waals surface area contributed by atoms with Crippen LogP contribution in [0.5, 0.6) is 0 Å². The van der Waals surface area contributed by atoms with Crippen molar-refractivity contribution in [2.45, 2.75) is 19.0 Å². The van der Waals surface area contributed by atoms with Gasteiger partial charge in [-0.3, -0.25) is 14.9 Å². The van der Waals surface area contributed by atoms with E-state index in [0.717, 1.165) is 0 Å². The number of hydrogen-bond donors (Lipinski definition) is 1. The Morgan fingerprint density at radius 2 is 2.03 bits per heavy atom. The SMILES string of the molecule is O=C(NC1C=CC=CC1)c1cc2cc([N+](=O)[O-])ccc2n1Cc1ccccc1F. The van der Waals surface area contributed by atoms with Crippen molar-refractivity contribution in [3.05, 3.63) is 100 Å². The molecule has 0 radical (unpaired) electrons. The molecule has 0 saturated heterocycles. The number of halogens is 1. The van der Waals surface area contributed by atoms with Crippen LogP contribution in [0, 0.1) is 15.9 Å². The third kappa shape index (κ3) is 3.80. The van der Waals surface area contributed by atoms with E-state index in [1.807, 2.05) is 24.3 Å². The largest absolute Gasteiger partial charge is 0.344 e. The van der Waals surface area contributed by atoms with Gasteiger partial charge in [-0.15, -0.1) is 0 Å². The second kappa shape index (κ2) is 7.71. The number of aromatic nitrogens is 1. The average molecular weight is 391 g/mol. The molecule has 6 nitrogen and oxygen atoms in total. The number of hydrogen-bond acceptors (Lipinski definition) is 3. The molecule has 0 spiro atoms. The molecule has 3 aromatic rings. The predicted molar refractivity (Wildman–Crippen MR) is 108 cm³/mol. The highest BCUT2D eigenvalue weighted by molar-refractivity contribution is 5.99. The molecule has 29 heavy (non-hydrogen) atoms. The molecule has 1 amide bonds. The van der Waals surface area contributed by atoms with E-state index in [4.69, 9.17) is 0 Å². The van der Waals surface area contributed by atoms with Crippen molar-refractivity contribution < 1.29 is 14.1 Å². The first kappa shape index (κ1) is 18.6. The Morgan fingerprint density at radius 3 is 2.76 bits per heavy atom. The minimum absolute atomic E-state index is 0.0622. The Labute approximate surface area is 166 Å². The quantitative estimate of drug-likeness (QED) is 0.519. The first-order chi connectivity index (χ1) is 14.0. The minimum atomic E-state index is -0.480. The van der Waals surface area contributed by atoms with Crippen LogP contribution in [-0.2, 0) is 6.54 Å². The molecule has 1 aliphatic carbocycles. The first-order valence-corrected chi connectivity index (χ1v) is 9.18. The zero-order valence-corrected chi connectivity index (χ0v) is 15.4. The molecular formula is C22H18FN3O3. The van der Waals surface area contributed by atoms with Crippen LogP contribution in [0.1, 0.15) is 22.5 Å². The average Bonchev–Trinajstić information content (AvgIpc) is 3.08. The maximum atomic E-state index is 14.2. The van der Waals surface area contributed by atoms with Gasteiger partial charge in [0.15, 0.2) is 0 Å². The van der Waals surface area contributed by atoms with Gasteiger partial charge in [0.1, 0.15) is 11.5 Å². The number of nitrogens with one attached hydrogen (secondary N) is 1. The van der Waals surface area contributed by atoms with Gasteiger partial charge in [-0.2, -0.15) is 0 Å². The molecule has 1 unspecified atom stereocenters. The van der Waals surface area contributed by atoms with Crippen molar-refractivity contribution in [1.29, 1.82) is 0 Å². The van der Waals surface area contributed by atoms with Gasteiger partial charge in [-0.1, -0.05) is 42.5 Å². The number of nitro benzene ring substituents is 1. The Bertz CT molecular complexity index is 1160. The van der Waals surface area contributed by atoms with Crippen LogP contribution < -0.4 is 5.32 Å². The van der Waals surface area contributed by atoms with Gasteiger partial charge in [0.2, 0.25) is 0 Å². The molecule has 146 valence electrons. The number of fused-ring (bicyclic) bond motifs is 1. The van der Waals surface area contributed by atoms with Crippen molar-refractivity contribution in [2.75, 3.05) is 0 Å². The molecule has 4 rings (SSSR count). The number of rotatable bonds is 5. The van der Waals surface area contributed by atoms with Gasteiger partial charge >= 0.3 is 0 Å². The lowest BCUT2D eigenvalue weighted by molar-refractivity contribution is -0.384. The Kier molecular flexibility index (Phi) is 4.95. The molecule has 2 aromatic carbocycles. The summed E-state index contributed by atoms with van der Waals surface area (Å²) in [6.45, 7) is 0.136. The lowest BCUT2D eigenvalue weighted by atomic mass is 10.1. The summed E-state index contributed by atoms with van der Waals surface area (Å²) in [4.78, 5) is 23.6. The number of amides is 1. The summed E-state index contributed by atoms with van der Waals surface area (Å²) in [5.74, 6) is -0.687. The number of benzene rings is 2. The van der Waals surface area contributed by atoms with Crippen LogP contribution in [0.4, 0.5) is 10.1 Å². The minimum Gasteiger partial charge on any atom is -0.344 e. The van der Waals surface area contributed by atoms with Crippen molar-refractivity contribution in [1.82, 2.24) is 9.88 Å². The van der Waals surface area contributed by atoms with Gasteiger partial charge in [-0.25, -0.2) is 4.39 Å². The van der Waals surface area contributed by atoms with Gasteiger partial charge in [0, 0.05) is 28.6 Å². The Balaban J connectivity index is 1.77. The Hall–Kier alpha value is -3.74. The van der Waals surface area contributed by atoms with E-state index < -0.39 is 4.92 Å². The van der Waals surface area contributed by atoms with E-state index in [2.05, 4.69) is 5.32 Å². The van der Waals surface area contributed by atoms with Crippen LogP contribution in [-0.4, -0.2) is 21.4 Å². The summed E-state index contributed by atoms with van der Waals surface area (Å²) in [6.07, 6.45) is 8.32. The van der Waals surface area contributed by atoms with Gasteiger partial charge in [0.05, 0.1) is 17.5 Å². The highest BCUT2D eigenvalue weighted by Gasteiger charge is 2.20. The summed E-state index contributed by atoms with van der Waals surface area (Å²) >= 11 is 0. The van der Waals surface area contributed by atoms with E-state index in [1.165, 1.54) is 18.2 Å². The van der Waals surface area contributed by atoms with Gasteiger partial charge in [0.25, 0.3) is 11.6 Å². The topological polar surface area (TPSA) is 77.2 Å². The lowest BCUT2D eigenvalue weighted by Crippen LogP contribution is -2.34. The van der Waals surface area contributed by atoms with Crippen molar-refractivity contribution in [2.24, 2.45) is 0 Å². The molecule has 1 N–H and O–H groups in total. The maximum absolute atomic E-state index is 14.2. The predicted octanol–water partition coefficient (Wildman–Crippen LogP) is 4.35. The van der Waals surface area contributed by atoms with Crippen LogP contribution in [0.15, 0.2) is 72.8 Å². The van der Waals surface area contributed by atoms with Crippen LogP contribution >= 0.6 is 0 Å². The van der Waals surface area contributed by atoms with Crippen LogP contribution in [0.2, 0.25) is 0 Å². The molecule has 1 atom stereocenters. The fourth-order valence-corrected chi connectivity index (χ4v) is 3.46. The molecule has 0 aliphatic heterocycles. The molecule has 0 bridgehead atoms. The number of non-ortho nitro benzene ring substituents is 1. The van der Waals surface area contributed by atoms with E-state index >= 15 is 0 Å². The molecule has 1 aliphatic rings. The highest BCUT2D eigenvalue weighted by Crippen LogP contribution is 2.26. The molecule has 1 aromatic heterocycles. The third-order valence-corrected chi connectivity index (χ3v) is 4.91. The van der Waals surface area contributed by atoms with E-state index in [0.29, 0.717) is 28.6 Å². The summed E-state index contributed by atoms with van der Waals surface area (Å²) in [7, 11) is 0. The normalized spacial score (nSPS) is 15.6. The third-order valence-electron chi connectivity index (χ3n) is 4.91. The number of nitrogens with zero attached hydrogens (tertiary/aromatic N) is 2. The van der Waals surface area contributed by atoms with Crippen molar-refractivity contribution >= 4 is 22.5 Å². The van der Waals surface area contributed by atoms with E-state index in [-0.39, 0.29) is 30.0 Å². The van der Waals surface area contributed by atoms with Crippen molar-refractivity contribution in [3.63, 3.8) is 0 Å². The zero-order valence-electron chi connectivity index (χ0n) is 15.4. The zero-order chi connectivity index (χ0) is 20.4. The summed E-state index contributed by atoms with van der Waals surface area (Å²) < 4.78 is 15.9. The van der Waals surface area contributed by atoms with Crippen molar-refractivity contribution in [3.8, 4) is 0 Å². The summed E-state index contributed by atoms with van der Waals surface area (Å²) in [5, 5.41) is 14.6. The molecule has 0 saturated carbocycles. The number of allylic oxidation sites excluding steroid dienone is 2. The van der Waals surface area contributed by atoms with Gasteiger partial charge in [-0.05, 0) is 24.6 Å². The maximum Gasteiger partial charge on any atom is 0.270 e. The summed E-state index contributed by atoms with van der Waals surface area (Å²) in [5.41, 5.74) is 1.32. The van der Waals surface area contributed by atoms with Gasteiger partial charge < -0.3 is 9.88 Å². The smallest absolute Gasteiger partial charge is 0.270 e. The monoisotopic (exact) mass is 391 g/mol. The summed E-state index contributed by atoms with van der Waals surface area (Å²) in [6, 6.07) is 12.2. The van der Waals surface area contributed by atoms with Crippen LogP contribution in [0.3, 0.4) is 0 Å².